The molecule has 0 aliphatic rings. The summed E-state index contributed by atoms with van der Waals surface area (Å²) in [6.45, 7) is 1.72. The summed E-state index contributed by atoms with van der Waals surface area (Å²) in [5, 5.41) is 11.9. The summed E-state index contributed by atoms with van der Waals surface area (Å²) in [7, 11) is 1.46. The average molecular weight is 290 g/mol. The Bertz CT molecular complexity index is 661. The number of nitrogens with one attached hydrogen (secondary N) is 1. The molecule has 0 unspecified atom stereocenters. The number of amides is 1. The Balaban J connectivity index is 2.12. The molecule has 1 aromatic heterocycles. The summed E-state index contributed by atoms with van der Waals surface area (Å²) in [6.07, 6.45) is 1.47. The lowest BCUT2D eigenvalue weighted by Gasteiger charge is -2.15. The minimum Gasteiger partial charge on any atom is -0.505 e. The van der Waals surface area contributed by atoms with E-state index in [-0.39, 0.29) is 5.91 Å². The largest absolute Gasteiger partial charge is 0.505 e. The van der Waals surface area contributed by atoms with Gasteiger partial charge in [-0.2, -0.15) is 0 Å². The molecule has 0 aliphatic carbocycles. The first kappa shape index (κ1) is 14.8. The number of nitrogens with zero attached hydrogens (tertiary/aromatic N) is 1. The van der Waals surface area contributed by atoms with Gasteiger partial charge in [0.05, 0.1) is 13.2 Å². The Labute approximate surface area is 121 Å². The van der Waals surface area contributed by atoms with Crippen molar-refractivity contribution < 1.29 is 19.0 Å². The van der Waals surface area contributed by atoms with Crippen molar-refractivity contribution in [1.29, 1.82) is 0 Å². The molecular formula is C15H15FN2O3. The van der Waals surface area contributed by atoms with Crippen LogP contribution in [0.2, 0.25) is 0 Å². The quantitative estimate of drug-likeness (QED) is 0.907. The molecule has 5 nitrogen and oxygen atoms in total. The minimum absolute atomic E-state index is 0.323. The number of carbonyl (C=O) groups excluding carboxylic acids is 1. The van der Waals surface area contributed by atoms with E-state index in [1.165, 1.54) is 31.5 Å². The second kappa shape index (κ2) is 6.21. The van der Waals surface area contributed by atoms with E-state index in [0.29, 0.717) is 17.0 Å². The summed E-state index contributed by atoms with van der Waals surface area (Å²) in [5.41, 5.74) is 0.952. The second-order valence-electron chi connectivity index (χ2n) is 4.49. The van der Waals surface area contributed by atoms with Crippen LogP contribution < -0.4 is 10.1 Å². The van der Waals surface area contributed by atoms with Crippen LogP contribution in [0, 0.1) is 5.82 Å². The maximum atomic E-state index is 13.3. The molecule has 2 rings (SSSR count). The monoisotopic (exact) mass is 290 g/mol. The molecule has 1 aromatic carbocycles. The number of phenolic OH excluding ortho intramolecular Hbond substituents is 1. The lowest BCUT2D eigenvalue weighted by molar-refractivity contribution is 0.0939. The van der Waals surface area contributed by atoms with Gasteiger partial charge >= 0.3 is 0 Å². The predicted octanol–water partition coefficient (Wildman–Crippen LogP) is 2.43. The van der Waals surface area contributed by atoms with Crippen molar-refractivity contribution in [2.75, 3.05) is 7.11 Å². The number of methoxy groups -OCH3 is 1. The number of halogens is 1. The molecule has 0 saturated heterocycles. The van der Waals surface area contributed by atoms with Crippen molar-refractivity contribution >= 4 is 5.91 Å². The average Bonchev–Trinajstić information content (AvgIpc) is 2.49. The van der Waals surface area contributed by atoms with Gasteiger partial charge < -0.3 is 15.2 Å². The highest BCUT2D eigenvalue weighted by Gasteiger charge is 2.14. The lowest BCUT2D eigenvalue weighted by atomic mass is 10.1. The van der Waals surface area contributed by atoms with Gasteiger partial charge in [0.1, 0.15) is 0 Å². The third kappa shape index (κ3) is 3.47. The maximum Gasteiger partial charge on any atom is 0.252 e. The highest BCUT2D eigenvalue weighted by Crippen LogP contribution is 2.21. The van der Waals surface area contributed by atoms with Crippen LogP contribution in [0.5, 0.6) is 11.6 Å². The Morgan fingerprint density at radius 1 is 1.38 bits per heavy atom. The molecule has 1 atom stereocenters. The summed E-state index contributed by atoms with van der Waals surface area (Å²) >= 11 is 0. The SMILES string of the molecule is COc1cc(C(=O)N[C@@H](C)c2ccc(O)c(F)c2)ccn1. The van der Waals surface area contributed by atoms with Crippen LogP contribution in [-0.4, -0.2) is 23.1 Å². The van der Waals surface area contributed by atoms with Gasteiger partial charge in [-0.1, -0.05) is 6.07 Å². The number of rotatable bonds is 4. The Morgan fingerprint density at radius 2 is 2.14 bits per heavy atom. The van der Waals surface area contributed by atoms with Crippen LogP contribution >= 0.6 is 0 Å². The number of hydrogen-bond donors (Lipinski definition) is 2. The Morgan fingerprint density at radius 3 is 2.81 bits per heavy atom. The fourth-order valence-electron chi connectivity index (χ4n) is 1.82. The molecule has 0 aliphatic heterocycles. The van der Waals surface area contributed by atoms with E-state index in [1.807, 2.05) is 0 Å². The summed E-state index contributed by atoms with van der Waals surface area (Å²) in [6, 6.07) is 6.65. The van der Waals surface area contributed by atoms with Gasteiger partial charge in [0.15, 0.2) is 11.6 Å². The third-order valence-electron chi connectivity index (χ3n) is 3.03. The van der Waals surface area contributed by atoms with Gasteiger partial charge in [-0.05, 0) is 30.7 Å². The zero-order chi connectivity index (χ0) is 15.4. The van der Waals surface area contributed by atoms with E-state index in [1.54, 1.807) is 19.1 Å². The van der Waals surface area contributed by atoms with Gasteiger partial charge in [-0.15, -0.1) is 0 Å². The van der Waals surface area contributed by atoms with Gasteiger partial charge in [-0.25, -0.2) is 9.37 Å². The smallest absolute Gasteiger partial charge is 0.252 e. The zero-order valence-electron chi connectivity index (χ0n) is 11.6. The van der Waals surface area contributed by atoms with Crippen molar-refractivity contribution in [1.82, 2.24) is 10.3 Å². The summed E-state index contributed by atoms with van der Waals surface area (Å²) < 4.78 is 18.3. The van der Waals surface area contributed by atoms with Gasteiger partial charge in [0.25, 0.3) is 5.91 Å². The van der Waals surface area contributed by atoms with E-state index in [9.17, 15) is 9.18 Å². The van der Waals surface area contributed by atoms with Crippen molar-refractivity contribution in [3.05, 3.63) is 53.5 Å². The first-order valence-electron chi connectivity index (χ1n) is 6.30. The molecule has 1 amide bonds. The van der Waals surface area contributed by atoms with Crippen molar-refractivity contribution in [3.8, 4) is 11.6 Å². The van der Waals surface area contributed by atoms with Crippen LogP contribution in [0.15, 0.2) is 36.5 Å². The topological polar surface area (TPSA) is 71.5 Å². The van der Waals surface area contributed by atoms with Gasteiger partial charge in [0, 0.05) is 17.8 Å². The van der Waals surface area contributed by atoms with Crippen LogP contribution in [0.25, 0.3) is 0 Å². The summed E-state index contributed by atoms with van der Waals surface area (Å²) in [4.78, 5) is 16.0. The number of ether oxygens (including phenoxy) is 1. The number of hydrogen-bond acceptors (Lipinski definition) is 4. The van der Waals surface area contributed by atoms with E-state index >= 15 is 0 Å². The van der Waals surface area contributed by atoms with Crippen LogP contribution in [0.3, 0.4) is 0 Å². The number of carbonyl (C=O) groups is 1. The first-order valence-corrected chi connectivity index (χ1v) is 6.30. The first-order chi connectivity index (χ1) is 10.0. The molecule has 0 spiro atoms. The molecule has 6 heteroatoms. The van der Waals surface area contributed by atoms with Gasteiger partial charge in [0.2, 0.25) is 5.88 Å². The highest BCUT2D eigenvalue weighted by atomic mass is 19.1. The van der Waals surface area contributed by atoms with E-state index in [4.69, 9.17) is 9.84 Å². The fraction of sp³-hybridized carbons (Fsp3) is 0.200. The van der Waals surface area contributed by atoms with E-state index in [2.05, 4.69) is 10.3 Å². The fourth-order valence-corrected chi connectivity index (χ4v) is 1.82. The standard InChI is InChI=1S/C15H15FN2O3/c1-9(10-3-4-13(19)12(16)7-10)18-15(20)11-5-6-17-14(8-11)21-2/h3-9,19H,1-2H3,(H,18,20)/t9-/m0/s1. The molecule has 110 valence electrons. The van der Waals surface area contributed by atoms with E-state index < -0.39 is 17.6 Å². The Kier molecular flexibility index (Phi) is 4.37. The van der Waals surface area contributed by atoms with Crippen LogP contribution in [0.1, 0.15) is 28.9 Å². The minimum atomic E-state index is -0.723. The lowest BCUT2D eigenvalue weighted by Crippen LogP contribution is -2.26. The van der Waals surface area contributed by atoms with Crippen LogP contribution in [-0.2, 0) is 0 Å². The van der Waals surface area contributed by atoms with Crippen molar-refractivity contribution in [2.45, 2.75) is 13.0 Å². The molecule has 0 saturated carbocycles. The molecule has 0 radical (unpaired) electrons. The normalized spacial score (nSPS) is 11.8. The molecule has 2 aromatic rings. The molecule has 21 heavy (non-hydrogen) atoms. The number of pyridine rings is 1. The molecular weight excluding hydrogens is 275 g/mol. The second-order valence-corrected chi connectivity index (χ2v) is 4.49. The number of phenols is 1. The molecule has 2 N–H and O–H groups in total. The molecule has 0 fully saturated rings. The molecule has 0 bridgehead atoms. The zero-order valence-corrected chi connectivity index (χ0v) is 11.6. The van der Waals surface area contributed by atoms with E-state index in [0.717, 1.165) is 0 Å². The summed E-state index contributed by atoms with van der Waals surface area (Å²) in [5.74, 6) is -1.13. The predicted molar refractivity (Wildman–Crippen MR) is 74.7 cm³/mol. The number of aromatic nitrogens is 1. The highest BCUT2D eigenvalue weighted by molar-refractivity contribution is 5.94. The third-order valence-corrected chi connectivity index (χ3v) is 3.03. The number of benzene rings is 1. The number of aromatic hydroxyl groups is 1. The van der Waals surface area contributed by atoms with Crippen molar-refractivity contribution in [2.24, 2.45) is 0 Å². The maximum absolute atomic E-state index is 13.3. The van der Waals surface area contributed by atoms with Crippen molar-refractivity contribution in [3.63, 3.8) is 0 Å². The van der Waals surface area contributed by atoms with Crippen LogP contribution in [0.4, 0.5) is 4.39 Å². The van der Waals surface area contributed by atoms with Gasteiger partial charge in [-0.3, -0.25) is 4.79 Å². The molecule has 1 heterocycles. The Hall–Kier alpha value is -2.63.